The Morgan fingerprint density at radius 2 is 2.24 bits per heavy atom. The first kappa shape index (κ1) is 11.3. The van der Waals surface area contributed by atoms with E-state index in [9.17, 15) is 0 Å². The summed E-state index contributed by atoms with van der Waals surface area (Å²) < 4.78 is 5.67. The van der Waals surface area contributed by atoms with E-state index < -0.39 is 0 Å². The minimum Gasteiger partial charge on any atom is -0.464 e. The van der Waals surface area contributed by atoms with Crippen LogP contribution in [0.25, 0.3) is 0 Å². The van der Waals surface area contributed by atoms with Crippen LogP contribution in [0, 0.1) is 28.6 Å². The molecule has 1 saturated carbocycles. The van der Waals surface area contributed by atoms with Crippen LogP contribution in [0.15, 0.2) is 28.3 Å². The van der Waals surface area contributed by atoms with Crippen molar-refractivity contribution in [3.05, 3.63) is 35.4 Å². The molecule has 0 spiro atoms. The molecule has 0 amide bonds. The van der Waals surface area contributed by atoms with Gasteiger partial charge in [-0.15, -0.1) is 0 Å². The van der Waals surface area contributed by atoms with Gasteiger partial charge in [-0.2, -0.15) is 10.5 Å². The van der Waals surface area contributed by atoms with Gasteiger partial charge in [0.05, 0.1) is 6.54 Å². The molecular weight excluding hydrogens is 214 g/mol. The van der Waals surface area contributed by atoms with Gasteiger partial charge in [-0.25, -0.2) is 0 Å². The molecule has 17 heavy (non-hydrogen) atoms. The molecule has 2 rings (SSSR count). The maximum atomic E-state index is 8.53. The second-order valence-electron chi connectivity index (χ2n) is 4.29. The smallest absolute Gasteiger partial charge is 0.145 e. The zero-order valence-corrected chi connectivity index (χ0v) is 9.60. The lowest BCUT2D eigenvalue weighted by molar-refractivity contribution is 0.455. The van der Waals surface area contributed by atoms with Crippen molar-refractivity contribution in [2.75, 3.05) is 0 Å². The van der Waals surface area contributed by atoms with Gasteiger partial charge < -0.3 is 9.73 Å². The van der Waals surface area contributed by atoms with Crippen LogP contribution in [-0.2, 0) is 6.54 Å². The summed E-state index contributed by atoms with van der Waals surface area (Å²) in [6, 6.07) is 7.50. The first-order valence-corrected chi connectivity index (χ1v) is 5.57. The molecule has 0 saturated heterocycles. The fraction of sp³-hybridized carbons (Fsp3) is 0.385. The molecule has 0 radical (unpaired) electrons. The van der Waals surface area contributed by atoms with E-state index in [1.807, 2.05) is 12.1 Å². The van der Waals surface area contributed by atoms with Crippen LogP contribution in [0.4, 0.5) is 0 Å². The second-order valence-corrected chi connectivity index (χ2v) is 4.29. The molecule has 0 aliphatic heterocycles. The van der Waals surface area contributed by atoms with Crippen LogP contribution in [0.3, 0.4) is 0 Å². The number of furan rings is 1. The van der Waals surface area contributed by atoms with Crippen molar-refractivity contribution in [2.24, 2.45) is 5.92 Å². The summed E-state index contributed by atoms with van der Waals surface area (Å²) in [5.74, 6) is 3.17. The van der Waals surface area contributed by atoms with E-state index >= 15 is 0 Å². The first-order valence-electron chi connectivity index (χ1n) is 5.57. The molecule has 1 fully saturated rings. The highest BCUT2D eigenvalue weighted by atomic mass is 16.3. The third-order valence-electron chi connectivity index (χ3n) is 2.92. The van der Waals surface area contributed by atoms with Crippen molar-refractivity contribution in [3.8, 4) is 12.1 Å². The predicted molar refractivity (Wildman–Crippen MR) is 61.4 cm³/mol. The lowest BCUT2D eigenvalue weighted by Crippen LogP contribution is -2.04. The van der Waals surface area contributed by atoms with Gasteiger partial charge in [0.2, 0.25) is 0 Å². The SMILES string of the molecule is C[C@H]1C[C@H]1c1ccc(CNC=C(C#N)C#N)o1. The summed E-state index contributed by atoms with van der Waals surface area (Å²) in [6.07, 6.45) is 2.61. The average Bonchev–Trinajstić information content (AvgIpc) is 2.89. The van der Waals surface area contributed by atoms with Crippen LogP contribution in [0.1, 0.15) is 30.8 Å². The molecule has 1 aromatic rings. The number of hydrogen-bond acceptors (Lipinski definition) is 4. The van der Waals surface area contributed by atoms with Crippen molar-refractivity contribution in [2.45, 2.75) is 25.8 Å². The van der Waals surface area contributed by atoms with E-state index in [0.29, 0.717) is 12.5 Å². The lowest BCUT2D eigenvalue weighted by atomic mass is 10.3. The molecule has 4 nitrogen and oxygen atoms in total. The number of rotatable bonds is 4. The normalized spacial score (nSPS) is 21.1. The largest absolute Gasteiger partial charge is 0.464 e. The quantitative estimate of drug-likeness (QED) is 0.802. The highest BCUT2D eigenvalue weighted by Gasteiger charge is 2.36. The van der Waals surface area contributed by atoms with Gasteiger partial charge in [-0.05, 0) is 24.5 Å². The Bertz CT molecular complexity index is 500. The summed E-state index contributed by atoms with van der Waals surface area (Å²) >= 11 is 0. The molecule has 4 heteroatoms. The Balaban J connectivity index is 1.88. The Labute approximate surface area is 100 Å². The first-order chi connectivity index (χ1) is 8.24. The predicted octanol–water partition coefficient (Wildman–Crippen LogP) is 2.42. The Kier molecular flexibility index (Phi) is 3.16. The summed E-state index contributed by atoms with van der Waals surface area (Å²) in [6.45, 7) is 2.70. The van der Waals surface area contributed by atoms with Crippen molar-refractivity contribution in [1.82, 2.24) is 5.32 Å². The molecular formula is C13H13N3O. The number of allylic oxidation sites excluding steroid dienone is 1. The third-order valence-corrected chi connectivity index (χ3v) is 2.92. The molecule has 0 bridgehead atoms. The van der Waals surface area contributed by atoms with Crippen LogP contribution in [-0.4, -0.2) is 0 Å². The van der Waals surface area contributed by atoms with Gasteiger partial charge in [0.15, 0.2) is 0 Å². The van der Waals surface area contributed by atoms with Crippen LogP contribution in [0.2, 0.25) is 0 Å². The van der Waals surface area contributed by atoms with Gasteiger partial charge in [0, 0.05) is 12.1 Å². The van der Waals surface area contributed by atoms with Crippen LogP contribution >= 0.6 is 0 Å². The summed E-state index contributed by atoms with van der Waals surface area (Å²) in [4.78, 5) is 0. The number of nitrogens with zero attached hydrogens (tertiary/aromatic N) is 2. The highest BCUT2D eigenvalue weighted by molar-refractivity contribution is 5.34. The zero-order valence-electron chi connectivity index (χ0n) is 9.60. The van der Waals surface area contributed by atoms with Gasteiger partial charge in [-0.1, -0.05) is 6.92 Å². The van der Waals surface area contributed by atoms with E-state index in [1.54, 1.807) is 12.1 Å². The van der Waals surface area contributed by atoms with Gasteiger partial charge >= 0.3 is 0 Å². The minimum absolute atomic E-state index is 0.0626. The number of nitrogens with one attached hydrogen (secondary N) is 1. The van der Waals surface area contributed by atoms with E-state index in [-0.39, 0.29) is 5.57 Å². The average molecular weight is 227 g/mol. The van der Waals surface area contributed by atoms with E-state index in [4.69, 9.17) is 14.9 Å². The Morgan fingerprint density at radius 3 is 2.82 bits per heavy atom. The fourth-order valence-corrected chi connectivity index (χ4v) is 1.75. The number of hydrogen-bond donors (Lipinski definition) is 1. The maximum absolute atomic E-state index is 8.53. The standard InChI is InChI=1S/C13H13N3O/c1-9-4-12(9)13-3-2-11(17-13)8-16-7-10(5-14)6-15/h2-3,7,9,12,16H,4,8H2,1H3/t9-,12+/m0/s1. The monoisotopic (exact) mass is 227 g/mol. The Morgan fingerprint density at radius 1 is 1.53 bits per heavy atom. The molecule has 1 aliphatic rings. The summed E-state index contributed by atoms with van der Waals surface area (Å²) in [5.41, 5.74) is 0.0626. The van der Waals surface area contributed by atoms with Crippen molar-refractivity contribution in [1.29, 1.82) is 10.5 Å². The summed E-state index contributed by atoms with van der Waals surface area (Å²) in [5, 5.41) is 20.0. The van der Waals surface area contributed by atoms with Crippen molar-refractivity contribution < 1.29 is 4.42 Å². The topological polar surface area (TPSA) is 72.8 Å². The van der Waals surface area contributed by atoms with E-state index in [1.165, 1.54) is 12.6 Å². The van der Waals surface area contributed by atoms with Gasteiger partial charge in [0.25, 0.3) is 0 Å². The zero-order chi connectivity index (χ0) is 12.3. The van der Waals surface area contributed by atoms with Gasteiger partial charge in [-0.3, -0.25) is 0 Å². The van der Waals surface area contributed by atoms with Gasteiger partial charge in [0.1, 0.15) is 29.2 Å². The Hall–Kier alpha value is -2.20. The molecule has 1 heterocycles. The lowest BCUT2D eigenvalue weighted by Gasteiger charge is -1.97. The fourth-order valence-electron chi connectivity index (χ4n) is 1.75. The minimum atomic E-state index is 0.0626. The molecule has 1 aliphatic carbocycles. The maximum Gasteiger partial charge on any atom is 0.145 e. The van der Waals surface area contributed by atoms with Crippen molar-refractivity contribution >= 4 is 0 Å². The molecule has 86 valence electrons. The van der Waals surface area contributed by atoms with E-state index in [2.05, 4.69) is 12.2 Å². The molecule has 2 atom stereocenters. The molecule has 1 aromatic heterocycles. The summed E-state index contributed by atoms with van der Waals surface area (Å²) in [7, 11) is 0. The third kappa shape index (κ3) is 2.68. The second kappa shape index (κ2) is 4.76. The number of nitriles is 2. The molecule has 1 N–H and O–H groups in total. The van der Waals surface area contributed by atoms with Crippen LogP contribution < -0.4 is 5.32 Å². The highest BCUT2D eigenvalue weighted by Crippen LogP contribution is 2.47. The molecule has 0 unspecified atom stereocenters. The van der Waals surface area contributed by atoms with Crippen LogP contribution in [0.5, 0.6) is 0 Å². The molecule has 0 aromatic carbocycles. The van der Waals surface area contributed by atoms with Crippen molar-refractivity contribution in [3.63, 3.8) is 0 Å². The van der Waals surface area contributed by atoms with E-state index in [0.717, 1.165) is 17.4 Å².